The molecule has 2 heterocycles. The van der Waals surface area contributed by atoms with Crippen molar-refractivity contribution >= 4 is 112 Å². The lowest BCUT2D eigenvalue weighted by Crippen LogP contribution is -2.22. The Bertz CT molecular complexity index is 2170. The number of aromatic nitrogens is 2. The van der Waals surface area contributed by atoms with Crippen molar-refractivity contribution in [3.8, 4) is 12.1 Å². The molecule has 74 heavy (non-hydrogen) atoms. The summed E-state index contributed by atoms with van der Waals surface area (Å²) < 4.78 is 37.3. The largest absolute Gasteiger partial charge is 0.463 e. The number of carbonyl (C=O) groups is 2. The number of thiocarbonyl (C=S) groups is 2. The first-order valence-corrected chi connectivity index (χ1v) is 30.6. The maximum Gasteiger partial charge on any atom is 0.305 e. The first-order chi connectivity index (χ1) is 36.1. The number of carbonyl (C=O) groups excluding carboxylic acids is 2. The van der Waals surface area contributed by atoms with Gasteiger partial charge in [-0.15, -0.1) is 0 Å². The highest BCUT2D eigenvalue weighted by molar-refractivity contribution is 8.77. The number of hydrogen-bond donors (Lipinski definition) is 1. The predicted octanol–water partition coefficient (Wildman–Crippen LogP) is 10.8. The zero-order valence-corrected chi connectivity index (χ0v) is 48.3. The number of aliphatic hydroxyl groups excluding tert-OH is 1. The Morgan fingerprint density at radius 2 is 0.973 bits per heavy atom. The highest BCUT2D eigenvalue weighted by Crippen LogP contribution is 2.34. The first kappa shape index (κ1) is 67.0. The SMILES string of the molecule is CC(C#N)(CCC(=O)OCCOCCOCCOCCSSc1ccccn1)SC(=S)c1ccccc1.CC(C#N)(CCC=O)SC(=S)c1ccccc1.OCCOCCOCCOCCSSc1ccccn1. The molecule has 0 aliphatic heterocycles. The summed E-state index contributed by atoms with van der Waals surface area (Å²) in [5, 5.41) is 29.3. The lowest BCUT2D eigenvalue weighted by Gasteiger charge is -2.20. The van der Waals surface area contributed by atoms with Gasteiger partial charge in [-0.1, -0.05) is 142 Å². The molecule has 402 valence electrons. The molecule has 2 unspecified atom stereocenters. The van der Waals surface area contributed by atoms with Crippen LogP contribution in [-0.2, 0) is 42.7 Å². The van der Waals surface area contributed by atoms with Gasteiger partial charge in [0.25, 0.3) is 0 Å². The second kappa shape index (κ2) is 44.9. The van der Waals surface area contributed by atoms with Gasteiger partial charge in [-0.25, -0.2) is 9.97 Å². The molecule has 0 fully saturated rings. The van der Waals surface area contributed by atoms with E-state index in [0.717, 1.165) is 39.0 Å². The van der Waals surface area contributed by atoms with Crippen molar-refractivity contribution < 1.29 is 47.9 Å². The van der Waals surface area contributed by atoms with Gasteiger partial charge in [0.2, 0.25) is 0 Å². The summed E-state index contributed by atoms with van der Waals surface area (Å²) in [4.78, 5) is 30.9. The van der Waals surface area contributed by atoms with Gasteiger partial charge in [-0.3, -0.25) is 4.79 Å². The molecule has 0 radical (unpaired) electrons. The number of hydrogen-bond acceptors (Lipinski definition) is 22. The molecule has 22 heteroatoms. The second-order valence-electron chi connectivity index (χ2n) is 15.2. The van der Waals surface area contributed by atoms with E-state index in [4.69, 9.17) is 68.0 Å². The van der Waals surface area contributed by atoms with Crippen LogP contribution in [0.4, 0.5) is 0 Å². The van der Waals surface area contributed by atoms with E-state index < -0.39 is 9.49 Å². The Labute approximate surface area is 472 Å². The third-order valence-electron chi connectivity index (χ3n) is 9.07. The molecule has 0 aliphatic carbocycles. The van der Waals surface area contributed by atoms with Gasteiger partial charge in [0.05, 0.1) is 106 Å². The van der Waals surface area contributed by atoms with Crippen LogP contribution in [0, 0.1) is 22.7 Å². The second-order valence-corrected chi connectivity index (χ2v) is 24.4. The molecular formula is C52H66N4O10S8. The zero-order valence-electron chi connectivity index (χ0n) is 41.8. The van der Waals surface area contributed by atoms with Crippen LogP contribution in [0.15, 0.2) is 120 Å². The Morgan fingerprint density at radius 3 is 1.36 bits per heavy atom. The number of nitrogens with zero attached hydrogens (tertiary/aromatic N) is 4. The molecule has 0 aliphatic rings. The number of rotatable bonds is 37. The summed E-state index contributed by atoms with van der Waals surface area (Å²) in [5.41, 5.74) is 1.84. The maximum absolute atomic E-state index is 12.1. The minimum Gasteiger partial charge on any atom is -0.463 e. The Balaban J connectivity index is 0.000000424. The molecule has 4 rings (SSSR count). The van der Waals surface area contributed by atoms with E-state index in [1.54, 1.807) is 62.5 Å². The van der Waals surface area contributed by atoms with Gasteiger partial charge in [0.1, 0.15) is 32.4 Å². The van der Waals surface area contributed by atoms with Crippen molar-refractivity contribution in [2.24, 2.45) is 0 Å². The monoisotopic (exact) mass is 1160 g/mol. The smallest absolute Gasteiger partial charge is 0.305 e. The van der Waals surface area contributed by atoms with Crippen LogP contribution >= 0.6 is 91.1 Å². The molecule has 0 amide bonds. The van der Waals surface area contributed by atoms with Crippen molar-refractivity contribution in [2.45, 2.75) is 59.1 Å². The number of aldehydes is 1. The van der Waals surface area contributed by atoms with E-state index in [1.165, 1.54) is 23.5 Å². The van der Waals surface area contributed by atoms with Crippen LogP contribution in [0.2, 0.25) is 0 Å². The van der Waals surface area contributed by atoms with Crippen LogP contribution in [0.5, 0.6) is 0 Å². The number of esters is 1. The fourth-order valence-corrected chi connectivity index (χ4v) is 11.9. The van der Waals surface area contributed by atoms with Gasteiger partial charge in [0.15, 0.2) is 0 Å². The standard InChI is InChI=1S/C26H32N2O5S4.C13H21NO4S2.C13H13NOS2/c1-26(21-27,36-25(34)22-7-3-2-4-8-22)11-10-24(29)33-18-17-31-14-13-30-15-16-32-19-20-35-37-23-9-5-6-12-28-23;15-5-6-16-7-8-17-9-10-18-11-12-19-20-13-3-1-2-4-14-13;1-13(10-14,8-5-9-15)17-12(16)11-6-3-2-4-7-11/h2-9,12H,10-11,13-20H2,1H3;1-4,15H,5-12H2;2-4,6-7,9H,5,8H2,1H3. The summed E-state index contributed by atoms with van der Waals surface area (Å²) >= 11 is 13.4. The molecule has 0 saturated heterocycles. The van der Waals surface area contributed by atoms with E-state index >= 15 is 0 Å². The van der Waals surface area contributed by atoms with Gasteiger partial charge >= 0.3 is 5.97 Å². The summed E-state index contributed by atoms with van der Waals surface area (Å²) in [6.07, 6.45) is 5.80. The van der Waals surface area contributed by atoms with E-state index in [9.17, 15) is 14.9 Å². The van der Waals surface area contributed by atoms with Crippen molar-refractivity contribution in [2.75, 3.05) is 104 Å². The van der Waals surface area contributed by atoms with Crippen LogP contribution in [0.1, 0.15) is 50.7 Å². The average molecular weight is 1160 g/mol. The van der Waals surface area contributed by atoms with Crippen molar-refractivity contribution in [3.05, 3.63) is 121 Å². The van der Waals surface area contributed by atoms with Crippen molar-refractivity contribution in [3.63, 3.8) is 0 Å². The highest BCUT2D eigenvalue weighted by Gasteiger charge is 2.29. The lowest BCUT2D eigenvalue weighted by atomic mass is 10.1. The summed E-state index contributed by atoms with van der Waals surface area (Å²) in [7, 11) is 6.73. The van der Waals surface area contributed by atoms with Gasteiger partial charge in [-0.2, -0.15) is 10.5 Å². The number of nitriles is 2. The summed E-state index contributed by atoms with van der Waals surface area (Å²) in [6.45, 7) is 9.93. The number of aliphatic hydroxyl groups is 1. The number of benzene rings is 2. The van der Waals surface area contributed by atoms with Gasteiger partial charge in [0, 0.05) is 36.7 Å². The number of thioether (sulfide) groups is 2. The summed E-state index contributed by atoms with van der Waals surface area (Å²) in [5.74, 6) is 1.43. The highest BCUT2D eigenvalue weighted by atomic mass is 33.1. The predicted molar refractivity (Wildman–Crippen MR) is 312 cm³/mol. The first-order valence-electron chi connectivity index (χ1n) is 23.5. The molecule has 1 N–H and O–H groups in total. The molecule has 2 atom stereocenters. The van der Waals surface area contributed by atoms with Gasteiger partial charge < -0.3 is 43.1 Å². The normalized spacial score (nSPS) is 12.2. The Hall–Kier alpha value is -3.14. The summed E-state index contributed by atoms with van der Waals surface area (Å²) in [6, 6.07) is 35.4. The Morgan fingerprint density at radius 1 is 0.581 bits per heavy atom. The molecular weight excluding hydrogens is 1100 g/mol. The molecule has 0 saturated carbocycles. The van der Waals surface area contributed by atoms with E-state index in [2.05, 4.69) is 22.1 Å². The third-order valence-corrected chi connectivity index (χ3v) is 16.8. The fraction of sp³-hybridized carbons (Fsp3) is 0.462. The number of pyridine rings is 2. The van der Waals surface area contributed by atoms with Crippen LogP contribution in [0.3, 0.4) is 0 Å². The fourth-order valence-electron chi connectivity index (χ4n) is 5.23. The molecule has 0 bridgehead atoms. The average Bonchev–Trinajstić information content (AvgIpc) is 3.43. The van der Waals surface area contributed by atoms with Gasteiger partial charge in [-0.05, 0) is 83.7 Å². The van der Waals surface area contributed by atoms with Crippen molar-refractivity contribution in [1.29, 1.82) is 10.5 Å². The van der Waals surface area contributed by atoms with Crippen LogP contribution in [-0.4, -0.2) is 149 Å². The van der Waals surface area contributed by atoms with Crippen LogP contribution in [0.25, 0.3) is 0 Å². The van der Waals surface area contributed by atoms with Crippen LogP contribution < -0.4 is 0 Å². The molecule has 2 aromatic carbocycles. The molecule has 0 spiro atoms. The molecule has 4 aromatic rings. The van der Waals surface area contributed by atoms with E-state index in [1.807, 2.05) is 104 Å². The minimum absolute atomic E-state index is 0.0529. The van der Waals surface area contributed by atoms with Crippen molar-refractivity contribution in [1.82, 2.24) is 9.97 Å². The lowest BCUT2D eigenvalue weighted by molar-refractivity contribution is -0.145. The minimum atomic E-state index is -0.805. The van der Waals surface area contributed by atoms with E-state index in [-0.39, 0.29) is 25.6 Å². The third kappa shape index (κ3) is 35.2. The topological polar surface area (TPSA) is 192 Å². The Kier molecular flexibility index (Phi) is 40.7. The quantitative estimate of drug-likeness (QED) is 0.0147. The molecule has 14 nitrogen and oxygen atoms in total. The van der Waals surface area contributed by atoms with E-state index in [0.29, 0.717) is 107 Å². The number of ether oxygens (including phenoxy) is 7. The molecule has 2 aromatic heterocycles. The maximum atomic E-state index is 12.1. The zero-order chi connectivity index (χ0) is 53.6.